The molecule has 74 valence electrons. The molecule has 0 heterocycles. The highest BCUT2D eigenvalue weighted by Gasteiger charge is 2.09. The van der Waals surface area contributed by atoms with Crippen LogP contribution in [0.3, 0.4) is 0 Å². The smallest absolute Gasteiger partial charge is 0.159 e. The molecule has 1 atom stereocenters. The summed E-state index contributed by atoms with van der Waals surface area (Å²) in [5.74, 6) is -2.02. The first-order valence-electron chi connectivity index (χ1n) is 3.79. The van der Waals surface area contributed by atoms with Crippen molar-refractivity contribution in [2.75, 3.05) is 6.54 Å². The van der Waals surface area contributed by atoms with Crippen molar-refractivity contribution in [2.45, 2.75) is 6.10 Å². The van der Waals surface area contributed by atoms with Gasteiger partial charge in [0, 0.05) is 4.91 Å². The predicted molar refractivity (Wildman–Crippen MR) is 45.3 cm³/mol. The van der Waals surface area contributed by atoms with Gasteiger partial charge >= 0.3 is 0 Å². The molecule has 0 radical (unpaired) electrons. The quantitative estimate of drug-likeness (QED) is 0.453. The van der Waals surface area contributed by atoms with E-state index in [0.717, 1.165) is 12.1 Å². The first-order chi connectivity index (χ1) is 6.65. The average Bonchev–Trinajstić information content (AvgIpc) is 2.18. The van der Waals surface area contributed by atoms with Crippen LogP contribution in [0.4, 0.5) is 8.78 Å². The summed E-state index contributed by atoms with van der Waals surface area (Å²) in [4.78, 5) is 2.44. The molecule has 1 aromatic carbocycles. The Morgan fingerprint density at radius 2 is 2.14 bits per heavy atom. The van der Waals surface area contributed by atoms with Crippen molar-refractivity contribution in [1.29, 1.82) is 0 Å². The van der Waals surface area contributed by atoms with Gasteiger partial charge in [0.15, 0.2) is 11.6 Å². The summed E-state index contributed by atoms with van der Waals surface area (Å²) >= 11 is 0. The Morgan fingerprint density at radius 3 is 2.71 bits per heavy atom. The van der Waals surface area contributed by atoms with Crippen molar-refractivity contribution < 1.29 is 13.9 Å². The largest absolute Gasteiger partial charge is 0.388 e. The molecule has 0 aliphatic heterocycles. The number of hydrogen-bond donors (Lipinski definition) is 1. The van der Waals surface area contributed by atoms with Crippen LogP contribution in [0.2, 0.25) is 0 Å². The minimum Gasteiger partial charge on any atom is -0.388 e. The molecule has 1 aromatic rings. The van der Waals surface area contributed by atoms with E-state index in [9.17, 15) is 13.9 Å². The van der Waals surface area contributed by atoms with Crippen LogP contribution in [-0.4, -0.2) is 11.7 Å². The maximum absolute atomic E-state index is 12.7. The van der Waals surface area contributed by atoms with Gasteiger partial charge in [0.25, 0.3) is 0 Å². The van der Waals surface area contributed by atoms with Gasteiger partial charge < -0.3 is 5.11 Å². The molecule has 0 bridgehead atoms. The Morgan fingerprint density at radius 1 is 1.43 bits per heavy atom. The lowest BCUT2D eigenvalue weighted by atomic mass is 10.1. The molecule has 4 nitrogen and oxygen atoms in total. The van der Waals surface area contributed by atoms with E-state index in [0.29, 0.717) is 0 Å². The molecule has 0 fully saturated rings. The number of aliphatic hydroxyl groups excluding tert-OH is 1. The molecule has 6 heteroatoms. The van der Waals surface area contributed by atoms with Gasteiger partial charge in [0.05, 0.1) is 12.6 Å². The second-order valence-corrected chi connectivity index (χ2v) is 2.60. The van der Waals surface area contributed by atoms with Crippen LogP contribution < -0.4 is 0 Å². The zero-order valence-electron chi connectivity index (χ0n) is 7.06. The molecule has 1 rings (SSSR count). The SMILES string of the molecule is [N-]=[N+]=NC[C@H](O)c1ccc(F)c(F)c1. The normalized spacial score (nSPS) is 11.9. The second-order valence-electron chi connectivity index (χ2n) is 2.60. The number of rotatable bonds is 3. The van der Waals surface area contributed by atoms with Gasteiger partial charge in [-0.2, -0.15) is 0 Å². The summed E-state index contributed by atoms with van der Waals surface area (Å²) in [6.45, 7) is -0.207. The third kappa shape index (κ3) is 2.42. The fraction of sp³-hybridized carbons (Fsp3) is 0.250. The molecule has 1 N–H and O–H groups in total. The highest BCUT2D eigenvalue weighted by molar-refractivity contribution is 5.20. The van der Waals surface area contributed by atoms with E-state index >= 15 is 0 Å². The van der Waals surface area contributed by atoms with Crippen molar-refractivity contribution >= 4 is 0 Å². The van der Waals surface area contributed by atoms with Gasteiger partial charge in [-0.25, -0.2) is 8.78 Å². The van der Waals surface area contributed by atoms with Crippen LogP contribution in [-0.2, 0) is 0 Å². The highest BCUT2D eigenvalue weighted by atomic mass is 19.2. The van der Waals surface area contributed by atoms with Crippen molar-refractivity contribution in [3.63, 3.8) is 0 Å². The van der Waals surface area contributed by atoms with Crippen LogP contribution in [0.1, 0.15) is 11.7 Å². The molecule has 0 aliphatic carbocycles. The van der Waals surface area contributed by atoms with Crippen LogP contribution in [0.25, 0.3) is 10.4 Å². The Balaban J connectivity index is 2.85. The number of halogens is 2. The Bertz CT molecular complexity index is 377. The van der Waals surface area contributed by atoms with Gasteiger partial charge in [-0.15, -0.1) is 0 Å². The number of benzene rings is 1. The maximum atomic E-state index is 12.7. The number of nitrogens with zero attached hydrogens (tertiary/aromatic N) is 3. The minimum atomic E-state index is -1.11. The first-order valence-corrected chi connectivity index (χ1v) is 3.79. The number of hydrogen-bond acceptors (Lipinski definition) is 2. The third-order valence-electron chi connectivity index (χ3n) is 1.65. The van der Waals surface area contributed by atoms with E-state index in [2.05, 4.69) is 10.0 Å². The van der Waals surface area contributed by atoms with Crippen LogP contribution in [0.15, 0.2) is 23.3 Å². The van der Waals surface area contributed by atoms with Crippen LogP contribution in [0.5, 0.6) is 0 Å². The van der Waals surface area contributed by atoms with E-state index in [1.807, 2.05) is 0 Å². The van der Waals surface area contributed by atoms with Crippen LogP contribution >= 0.6 is 0 Å². The zero-order valence-corrected chi connectivity index (χ0v) is 7.06. The second kappa shape index (κ2) is 4.55. The average molecular weight is 199 g/mol. The molecule has 0 saturated heterocycles. The van der Waals surface area contributed by atoms with E-state index in [4.69, 9.17) is 5.53 Å². The van der Waals surface area contributed by atoms with Gasteiger partial charge in [-0.05, 0) is 23.2 Å². The minimum absolute atomic E-state index is 0.177. The van der Waals surface area contributed by atoms with E-state index in [1.54, 1.807) is 0 Å². The molecule has 0 unspecified atom stereocenters. The molecule has 0 aromatic heterocycles. The third-order valence-corrected chi connectivity index (χ3v) is 1.65. The summed E-state index contributed by atoms with van der Waals surface area (Å²) in [6.07, 6.45) is -1.11. The van der Waals surface area contributed by atoms with Crippen molar-refractivity contribution in [1.82, 2.24) is 0 Å². The Hall–Kier alpha value is -1.65. The number of azide groups is 1. The summed E-state index contributed by atoms with van der Waals surface area (Å²) in [7, 11) is 0. The van der Waals surface area contributed by atoms with Gasteiger partial charge in [0.1, 0.15) is 0 Å². The van der Waals surface area contributed by atoms with Crippen LogP contribution in [0, 0.1) is 11.6 Å². The molecule has 0 spiro atoms. The van der Waals surface area contributed by atoms with Crippen molar-refractivity contribution in [3.8, 4) is 0 Å². The fourth-order valence-electron chi connectivity index (χ4n) is 0.939. The van der Waals surface area contributed by atoms with Gasteiger partial charge in [-0.1, -0.05) is 11.2 Å². The zero-order chi connectivity index (χ0) is 10.6. The lowest BCUT2D eigenvalue weighted by Gasteiger charge is -2.07. The first kappa shape index (κ1) is 10.4. The molecule has 0 aliphatic rings. The molecule has 0 saturated carbocycles. The molecule has 14 heavy (non-hydrogen) atoms. The van der Waals surface area contributed by atoms with E-state index in [-0.39, 0.29) is 12.1 Å². The topological polar surface area (TPSA) is 69.0 Å². The van der Waals surface area contributed by atoms with E-state index < -0.39 is 17.7 Å². The fourth-order valence-corrected chi connectivity index (χ4v) is 0.939. The lowest BCUT2D eigenvalue weighted by Crippen LogP contribution is -2.01. The molecular formula is C8H7F2N3O. The van der Waals surface area contributed by atoms with E-state index in [1.165, 1.54) is 6.07 Å². The Labute approximate surface area is 78.4 Å². The van der Waals surface area contributed by atoms with Gasteiger partial charge in [-0.3, -0.25) is 0 Å². The Kier molecular flexibility index (Phi) is 3.39. The molecular weight excluding hydrogens is 192 g/mol. The summed E-state index contributed by atoms with van der Waals surface area (Å²) in [6, 6.07) is 3.01. The standard InChI is InChI=1S/C8H7F2N3O/c9-6-2-1-5(3-7(6)10)8(14)4-12-13-11/h1-3,8,14H,4H2/t8-/m0/s1. The predicted octanol–water partition coefficient (Wildman–Crippen LogP) is 2.31. The lowest BCUT2D eigenvalue weighted by molar-refractivity contribution is 0.186. The monoisotopic (exact) mass is 199 g/mol. The summed E-state index contributed by atoms with van der Waals surface area (Å²) in [5.41, 5.74) is 8.15. The summed E-state index contributed by atoms with van der Waals surface area (Å²) in [5, 5.41) is 12.4. The number of aliphatic hydroxyl groups is 1. The van der Waals surface area contributed by atoms with Crippen molar-refractivity contribution in [3.05, 3.63) is 45.8 Å². The van der Waals surface area contributed by atoms with Crippen molar-refractivity contribution in [2.24, 2.45) is 5.11 Å². The molecule has 0 amide bonds. The summed E-state index contributed by atoms with van der Waals surface area (Å²) < 4.78 is 25.1. The maximum Gasteiger partial charge on any atom is 0.159 e. The van der Waals surface area contributed by atoms with Gasteiger partial charge in [0.2, 0.25) is 0 Å². The highest BCUT2D eigenvalue weighted by Crippen LogP contribution is 2.16.